The molecule has 0 spiro atoms. The Kier molecular flexibility index (Phi) is 4.58. The largest absolute Gasteiger partial charge is 0.331 e. The van der Waals surface area contributed by atoms with Crippen molar-refractivity contribution in [3.63, 3.8) is 0 Å². The summed E-state index contributed by atoms with van der Waals surface area (Å²) in [5.74, 6) is 0. The number of carbonyl (C=O) groups is 1. The maximum atomic E-state index is 12.1. The van der Waals surface area contributed by atoms with Gasteiger partial charge in [0.1, 0.15) is 0 Å². The first-order chi connectivity index (χ1) is 9.16. The van der Waals surface area contributed by atoms with Crippen LogP contribution in [0.2, 0.25) is 0 Å². The highest BCUT2D eigenvalue weighted by Gasteiger charge is 2.13. The van der Waals surface area contributed by atoms with Crippen LogP contribution in [0, 0.1) is 0 Å². The van der Waals surface area contributed by atoms with Crippen LogP contribution in [0.4, 0.5) is 4.79 Å². The molecule has 0 fully saturated rings. The summed E-state index contributed by atoms with van der Waals surface area (Å²) in [5, 5.41) is 7.08. The van der Waals surface area contributed by atoms with Crippen molar-refractivity contribution in [3.05, 3.63) is 58.3 Å². The summed E-state index contributed by atoms with van der Waals surface area (Å²) in [7, 11) is 1.81. The maximum Gasteiger partial charge on any atom is 0.317 e. The molecule has 2 aromatic rings. The van der Waals surface area contributed by atoms with E-state index in [9.17, 15) is 4.79 Å². The van der Waals surface area contributed by atoms with E-state index in [1.54, 1.807) is 16.2 Å². The van der Waals surface area contributed by atoms with Gasteiger partial charge in [0, 0.05) is 13.6 Å². The van der Waals surface area contributed by atoms with Crippen LogP contribution in [0.1, 0.15) is 24.1 Å². The van der Waals surface area contributed by atoms with Gasteiger partial charge in [-0.1, -0.05) is 30.3 Å². The van der Waals surface area contributed by atoms with Gasteiger partial charge in [0.2, 0.25) is 0 Å². The number of thiophene rings is 1. The number of urea groups is 1. The zero-order valence-corrected chi connectivity index (χ0v) is 12.0. The summed E-state index contributed by atoms with van der Waals surface area (Å²) in [5.41, 5.74) is 2.27. The van der Waals surface area contributed by atoms with Crippen molar-refractivity contribution in [2.75, 3.05) is 7.05 Å². The third kappa shape index (κ3) is 3.83. The summed E-state index contributed by atoms with van der Waals surface area (Å²) in [6.45, 7) is 2.63. The van der Waals surface area contributed by atoms with Crippen molar-refractivity contribution in [3.8, 4) is 0 Å². The Morgan fingerprint density at radius 3 is 2.68 bits per heavy atom. The predicted octanol–water partition coefficient (Wildman–Crippen LogP) is 3.65. The molecule has 0 saturated heterocycles. The highest BCUT2D eigenvalue weighted by molar-refractivity contribution is 7.07. The van der Waals surface area contributed by atoms with Crippen molar-refractivity contribution in [1.29, 1.82) is 0 Å². The average Bonchev–Trinajstić information content (AvgIpc) is 2.92. The topological polar surface area (TPSA) is 32.3 Å². The molecule has 100 valence electrons. The third-order valence-electron chi connectivity index (χ3n) is 2.99. The van der Waals surface area contributed by atoms with Gasteiger partial charge in [-0.05, 0) is 34.9 Å². The number of hydrogen-bond donors (Lipinski definition) is 1. The number of carbonyl (C=O) groups excluding carboxylic acids is 1. The van der Waals surface area contributed by atoms with Crippen molar-refractivity contribution in [2.24, 2.45) is 0 Å². The molecule has 1 N–H and O–H groups in total. The van der Waals surface area contributed by atoms with Gasteiger partial charge in [-0.2, -0.15) is 11.3 Å². The molecule has 0 aliphatic heterocycles. The zero-order chi connectivity index (χ0) is 13.7. The number of nitrogens with zero attached hydrogens (tertiary/aromatic N) is 1. The normalized spacial score (nSPS) is 11.9. The number of hydrogen-bond acceptors (Lipinski definition) is 2. The number of amides is 2. The lowest BCUT2D eigenvalue weighted by atomic mass is 10.1. The van der Waals surface area contributed by atoms with Crippen molar-refractivity contribution in [1.82, 2.24) is 10.2 Å². The fraction of sp³-hybridized carbons (Fsp3) is 0.267. The number of rotatable bonds is 4. The van der Waals surface area contributed by atoms with Crippen LogP contribution < -0.4 is 5.32 Å². The van der Waals surface area contributed by atoms with E-state index < -0.39 is 0 Å². The van der Waals surface area contributed by atoms with Crippen LogP contribution in [0.25, 0.3) is 0 Å². The second-order valence-electron chi connectivity index (χ2n) is 4.57. The number of benzene rings is 1. The first kappa shape index (κ1) is 13.6. The molecular formula is C15H18N2OS. The Labute approximate surface area is 117 Å². The molecule has 19 heavy (non-hydrogen) atoms. The van der Waals surface area contributed by atoms with Gasteiger partial charge >= 0.3 is 6.03 Å². The highest BCUT2D eigenvalue weighted by Crippen LogP contribution is 2.13. The maximum absolute atomic E-state index is 12.1. The third-order valence-corrected chi connectivity index (χ3v) is 3.72. The fourth-order valence-electron chi connectivity index (χ4n) is 1.85. The van der Waals surface area contributed by atoms with E-state index in [1.165, 1.54) is 0 Å². The summed E-state index contributed by atoms with van der Waals surface area (Å²) < 4.78 is 0. The molecule has 3 nitrogen and oxygen atoms in total. The van der Waals surface area contributed by atoms with Crippen molar-refractivity contribution < 1.29 is 4.79 Å². The van der Waals surface area contributed by atoms with E-state index in [-0.39, 0.29) is 12.1 Å². The Bertz CT molecular complexity index is 510. The van der Waals surface area contributed by atoms with Crippen LogP contribution in [0.15, 0.2) is 47.2 Å². The average molecular weight is 274 g/mol. The van der Waals surface area contributed by atoms with E-state index in [0.717, 1.165) is 11.1 Å². The van der Waals surface area contributed by atoms with Crippen LogP contribution in [0.3, 0.4) is 0 Å². The zero-order valence-electron chi connectivity index (χ0n) is 11.2. The molecule has 0 unspecified atom stereocenters. The standard InChI is InChI=1S/C15H18N2OS/c1-12(14-6-4-3-5-7-14)16-15(18)17(2)10-13-8-9-19-11-13/h3-9,11-12H,10H2,1-2H3,(H,16,18)/t12-/m0/s1. The lowest BCUT2D eigenvalue weighted by molar-refractivity contribution is 0.203. The Morgan fingerprint density at radius 1 is 1.32 bits per heavy atom. The summed E-state index contributed by atoms with van der Waals surface area (Å²) in [6.07, 6.45) is 0. The monoisotopic (exact) mass is 274 g/mol. The van der Waals surface area contributed by atoms with Gasteiger partial charge in [-0.15, -0.1) is 0 Å². The first-order valence-electron chi connectivity index (χ1n) is 6.24. The second kappa shape index (κ2) is 6.38. The van der Waals surface area contributed by atoms with Gasteiger partial charge in [0.25, 0.3) is 0 Å². The molecule has 2 rings (SSSR count). The molecule has 0 bridgehead atoms. The van der Waals surface area contributed by atoms with Crippen LogP contribution in [0.5, 0.6) is 0 Å². The Balaban J connectivity index is 1.90. The second-order valence-corrected chi connectivity index (χ2v) is 5.35. The van der Waals surface area contributed by atoms with E-state index >= 15 is 0 Å². The van der Waals surface area contributed by atoms with Crippen LogP contribution in [-0.2, 0) is 6.54 Å². The molecule has 4 heteroatoms. The summed E-state index contributed by atoms with van der Waals surface area (Å²) >= 11 is 1.65. The molecule has 0 aliphatic rings. The van der Waals surface area contributed by atoms with E-state index in [4.69, 9.17) is 0 Å². The molecule has 0 aliphatic carbocycles. The molecule has 1 atom stereocenters. The molecular weight excluding hydrogens is 256 g/mol. The minimum Gasteiger partial charge on any atom is -0.331 e. The molecule has 1 aromatic carbocycles. The molecule has 0 radical (unpaired) electrons. The lowest BCUT2D eigenvalue weighted by Gasteiger charge is -2.21. The van der Waals surface area contributed by atoms with Gasteiger partial charge < -0.3 is 10.2 Å². The van der Waals surface area contributed by atoms with Gasteiger partial charge in [-0.3, -0.25) is 0 Å². The van der Waals surface area contributed by atoms with Crippen molar-refractivity contribution in [2.45, 2.75) is 19.5 Å². The van der Waals surface area contributed by atoms with Gasteiger partial charge in [-0.25, -0.2) is 4.79 Å². The number of nitrogens with one attached hydrogen (secondary N) is 1. The molecule has 1 aromatic heterocycles. The summed E-state index contributed by atoms with van der Waals surface area (Å²) in [6, 6.07) is 12.0. The Hall–Kier alpha value is -1.81. The molecule has 1 heterocycles. The molecule has 2 amide bonds. The minimum atomic E-state index is -0.0532. The summed E-state index contributed by atoms with van der Waals surface area (Å²) in [4.78, 5) is 13.8. The first-order valence-corrected chi connectivity index (χ1v) is 7.19. The highest BCUT2D eigenvalue weighted by atomic mass is 32.1. The lowest BCUT2D eigenvalue weighted by Crippen LogP contribution is -2.38. The van der Waals surface area contributed by atoms with E-state index in [2.05, 4.69) is 10.7 Å². The van der Waals surface area contributed by atoms with Gasteiger partial charge in [0.05, 0.1) is 6.04 Å². The SMILES string of the molecule is C[C@H](NC(=O)N(C)Cc1ccsc1)c1ccccc1. The Morgan fingerprint density at radius 2 is 2.05 bits per heavy atom. The quantitative estimate of drug-likeness (QED) is 0.907. The van der Waals surface area contributed by atoms with E-state index in [1.807, 2.05) is 55.7 Å². The predicted molar refractivity (Wildman–Crippen MR) is 79.2 cm³/mol. The van der Waals surface area contributed by atoms with E-state index in [0.29, 0.717) is 6.54 Å². The smallest absolute Gasteiger partial charge is 0.317 e. The minimum absolute atomic E-state index is 0.0126. The van der Waals surface area contributed by atoms with Crippen LogP contribution >= 0.6 is 11.3 Å². The van der Waals surface area contributed by atoms with Crippen molar-refractivity contribution >= 4 is 17.4 Å². The molecule has 0 saturated carbocycles. The van der Waals surface area contributed by atoms with Crippen LogP contribution in [-0.4, -0.2) is 18.0 Å². The fourth-order valence-corrected chi connectivity index (χ4v) is 2.51. The van der Waals surface area contributed by atoms with Gasteiger partial charge in [0.15, 0.2) is 0 Å².